The molecule has 4 aromatic heterocycles. The predicted molar refractivity (Wildman–Crippen MR) is 99.3 cm³/mol. The number of aromatic nitrogens is 6. The Bertz CT molecular complexity index is 1160. The first kappa shape index (κ1) is 17.2. The largest absolute Gasteiger partial charge is 0.361 e. The lowest BCUT2D eigenvalue weighted by molar-refractivity contribution is 0.397. The maximum Gasteiger partial charge on any atom is 0.267 e. The van der Waals surface area contributed by atoms with Gasteiger partial charge in [0.05, 0.1) is 18.9 Å². The third-order valence-corrected chi connectivity index (χ3v) is 4.42. The third kappa shape index (κ3) is 3.39. The predicted octanol–water partition coefficient (Wildman–Crippen LogP) is 2.70. The van der Waals surface area contributed by atoms with E-state index < -0.39 is 0 Å². The van der Waals surface area contributed by atoms with Crippen molar-refractivity contribution in [1.82, 2.24) is 29.7 Å². The zero-order valence-corrected chi connectivity index (χ0v) is 15.4. The van der Waals surface area contributed by atoms with Crippen LogP contribution >= 0.6 is 11.6 Å². The van der Waals surface area contributed by atoms with Crippen molar-refractivity contribution in [1.29, 1.82) is 0 Å². The van der Waals surface area contributed by atoms with Crippen LogP contribution in [-0.2, 0) is 13.6 Å². The van der Waals surface area contributed by atoms with Gasteiger partial charge in [-0.25, -0.2) is 9.67 Å². The van der Waals surface area contributed by atoms with Crippen LogP contribution in [0.5, 0.6) is 0 Å². The van der Waals surface area contributed by atoms with Gasteiger partial charge in [0.2, 0.25) is 0 Å². The summed E-state index contributed by atoms with van der Waals surface area (Å²) in [5.74, 6) is 0.616. The van der Waals surface area contributed by atoms with Crippen LogP contribution in [0.3, 0.4) is 0 Å². The molecule has 4 aromatic rings. The van der Waals surface area contributed by atoms with Crippen LogP contribution in [0.25, 0.3) is 22.4 Å². The van der Waals surface area contributed by atoms with E-state index in [9.17, 15) is 4.79 Å². The van der Waals surface area contributed by atoms with E-state index in [2.05, 4.69) is 20.3 Å². The summed E-state index contributed by atoms with van der Waals surface area (Å²) in [4.78, 5) is 16.6. The summed E-state index contributed by atoms with van der Waals surface area (Å²) in [6, 6.07) is 5.02. The lowest BCUT2D eigenvalue weighted by Gasteiger charge is -2.06. The topological polar surface area (TPSA) is 91.6 Å². The highest BCUT2D eigenvalue weighted by atomic mass is 35.5. The summed E-state index contributed by atoms with van der Waals surface area (Å²) >= 11 is 5.85. The Labute approximate surface area is 159 Å². The Morgan fingerprint density at radius 3 is 2.59 bits per heavy atom. The fraction of sp³-hybridized carbons (Fsp3) is 0.167. The molecule has 0 aromatic carbocycles. The molecule has 9 heteroatoms. The third-order valence-electron chi connectivity index (χ3n) is 4.20. The molecule has 0 saturated carbocycles. The van der Waals surface area contributed by atoms with E-state index in [0.29, 0.717) is 22.2 Å². The van der Waals surface area contributed by atoms with Crippen LogP contribution in [0.1, 0.15) is 11.3 Å². The first-order valence-electron chi connectivity index (χ1n) is 8.14. The van der Waals surface area contributed by atoms with Crippen molar-refractivity contribution in [3.63, 3.8) is 0 Å². The van der Waals surface area contributed by atoms with Gasteiger partial charge >= 0.3 is 0 Å². The summed E-state index contributed by atoms with van der Waals surface area (Å²) in [7, 11) is 1.82. The maximum absolute atomic E-state index is 12.5. The van der Waals surface area contributed by atoms with Gasteiger partial charge in [-0.1, -0.05) is 16.8 Å². The molecular weight excluding hydrogens is 368 g/mol. The number of hydrogen-bond acceptors (Lipinski definition) is 6. The van der Waals surface area contributed by atoms with Gasteiger partial charge < -0.3 is 4.52 Å². The highest BCUT2D eigenvalue weighted by molar-refractivity contribution is 6.29. The van der Waals surface area contributed by atoms with Gasteiger partial charge in [-0.2, -0.15) is 10.2 Å². The molecule has 0 radical (unpaired) electrons. The lowest BCUT2D eigenvalue weighted by Crippen LogP contribution is -2.23. The number of aryl methyl sites for hydroxylation is 2. The fourth-order valence-corrected chi connectivity index (χ4v) is 2.86. The summed E-state index contributed by atoms with van der Waals surface area (Å²) in [5.41, 5.74) is 3.46. The zero-order chi connectivity index (χ0) is 19.0. The molecule has 27 heavy (non-hydrogen) atoms. The molecule has 0 spiro atoms. The van der Waals surface area contributed by atoms with Gasteiger partial charge in [-0.05, 0) is 19.1 Å². The molecule has 0 amide bonds. The van der Waals surface area contributed by atoms with Crippen molar-refractivity contribution in [2.24, 2.45) is 7.05 Å². The molecule has 0 unspecified atom stereocenters. The zero-order valence-electron chi connectivity index (χ0n) is 14.6. The van der Waals surface area contributed by atoms with E-state index in [4.69, 9.17) is 16.1 Å². The summed E-state index contributed by atoms with van der Waals surface area (Å²) in [6.45, 7) is 2.03. The summed E-state index contributed by atoms with van der Waals surface area (Å²) in [5, 5.41) is 12.9. The van der Waals surface area contributed by atoms with E-state index in [1.54, 1.807) is 42.3 Å². The van der Waals surface area contributed by atoms with E-state index in [0.717, 1.165) is 16.7 Å². The highest BCUT2D eigenvalue weighted by Gasteiger charge is 2.17. The van der Waals surface area contributed by atoms with E-state index in [1.165, 1.54) is 10.7 Å². The van der Waals surface area contributed by atoms with E-state index in [1.807, 2.05) is 13.2 Å². The van der Waals surface area contributed by atoms with Crippen LogP contribution < -0.4 is 5.56 Å². The van der Waals surface area contributed by atoms with E-state index >= 15 is 0 Å². The minimum Gasteiger partial charge on any atom is -0.361 e. The molecule has 0 atom stereocenters. The molecule has 4 heterocycles. The summed E-state index contributed by atoms with van der Waals surface area (Å²) in [6.07, 6.45) is 6.78. The van der Waals surface area contributed by atoms with E-state index in [-0.39, 0.29) is 12.1 Å². The molecule has 0 N–H and O–H groups in total. The molecule has 0 aliphatic carbocycles. The summed E-state index contributed by atoms with van der Waals surface area (Å²) < 4.78 is 8.36. The normalized spacial score (nSPS) is 11.1. The van der Waals surface area contributed by atoms with Crippen molar-refractivity contribution in [2.45, 2.75) is 13.5 Å². The monoisotopic (exact) mass is 382 g/mol. The van der Waals surface area contributed by atoms with Crippen molar-refractivity contribution in [3.8, 4) is 22.4 Å². The van der Waals surface area contributed by atoms with Gasteiger partial charge in [0, 0.05) is 47.8 Å². The first-order valence-corrected chi connectivity index (χ1v) is 8.52. The van der Waals surface area contributed by atoms with Crippen LogP contribution in [0.4, 0.5) is 0 Å². The quantitative estimate of drug-likeness (QED) is 0.504. The average molecular weight is 383 g/mol. The van der Waals surface area contributed by atoms with Crippen LogP contribution in [0.2, 0.25) is 5.15 Å². The first-order chi connectivity index (χ1) is 13.0. The van der Waals surface area contributed by atoms with Crippen molar-refractivity contribution in [3.05, 3.63) is 69.8 Å². The average Bonchev–Trinajstić information content (AvgIpc) is 3.24. The standard InChI is InChI=1S/C18H15ClN6O2/c1-11-15(18(23-27-11)12-3-4-16(19)20-6-12)10-25-17(26)5-13(7-22-25)14-8-21-24(2)9-14/h3-9H,10H2,1-2H3. The second-order valence-electron chi connectivity index (χ2n) is 6.08. The molecular formula is C18H15ClN6O2. The number of hydrogen-bond donors (Lipinski definition) is 0. The second kappa shape index (κ2) is 6.81. The molecule has 0 bridgehead atoms. The Morgan fingerprint density at radius 1 is 1.11 bits per heavy atom. The van der Waals surface area contributed by atoms with Gasteiger partial charge in [0.25, 0.3) is 5.56 Å². The molecule has 8 nitrogen and oxygen atoms in total. The molecule has 4 rings (SSSR count). The number of halogens is 1. The van der Waals surface area contributed by atoms with Crippen LogP contribution in [-0.4, -0.2) is 29.7 Å². The molecule has 136 valence electrons. The highest BCUT2D eigenvalue weighted by Crippen LogP contribution is 2.26. The number of pyridine rings is 1. The Morgan fingerprint density at radius 2 is 1.93 bits per heavy atom. The van der Waals surface area contributed by atoms with Crippen LogP contribution in [0.15, 0.2) is 52.3 Å². The minimum absolute atomic E-state index is 0.225. The molecule has 0 aliphatic rings. The minimum atomic E-state index is -0.225. The Balaban J connectivity index is 1.68. The maximum atomic E-state index is 12.5. The lowest BCUT2D eigenvalue weighted by atomic mass is 10.1. The van der Waals surface area contributed by atoms with Gasteiger partial charge in [0.15, 0.2) is 0 Å². The number of rotatable bonds is 4. The van der Waals surface area contributed by atoms with Crippen LogP contribution in [0, 0.1) is 6.92 Å². The van der Waals surface area contributed by atoms with Gasteiger partial charge in [-0.3, -0.25) is 9.48 Å². The fourth-order valence-electron chi connectivity index (χ4n) is 2.75. The van der Waals surface area contributed by atoms with Gasteiger partial charge in [-0.15, -0.1) is 0 Å². The second-order valence-corrected chi connectivity index (χ2v) is 6.47. The Kier molecular flexibility index (Phi) is 4.33. The SMILES string of the molecule is Cc1onc(-c2ccc(Cl)nc2)c1Cn1ncc(-c2cnn(C)c2)cc1=O. The van der Waals surface area contributed by atoms with Gasteiger partial charge in [0.1, 0.15) is 16.6 Å². The number of nitrogens with zero attached hydrogens (tertiary/aromatic N) is 6. The molecule has 0 fully saturated rings. The molecule has 0 saturated heterocycles. The van der Waals surface area contributed by atoms with Crippen molar-refractivity contribution in [2.75, 3.05) is 0 Å². The van der Waals surface area contributed by atoms with Crippen molar-refractivity contribution < 1.29 is 4.52 Å². The smallest absolute Gasteiger partial charge is 0.267 e. The molecule has 0 aliphatic heterocycles. The Hall–Kier alpha value is -3.26. The van der Waals surface area contributed by atoms with Crippen molar-refractivity contribution >= 4 is 11.6 Å².